The van der Waals surface area contributed by atoms with E-state index >= 15 is 0 Å². The van der Waals surface area contributed by atoms with Crippen molar-refractivity contribution in [2.45, 2.75) is 52.4 Å². The van der Waals surface area contributed by atoms with Crippen molar-refractivity contribution in [3.05, 3.63) is 28.2 Å². The maximum Gasteiger partial charge on any atom is 0.410 e. The van der Waals surface area contributed by atoms with Gasteiger partial charge in [0.1, 0.15) is 17.0 Å². The monoisotopic (exact) mass is 355 g/mol. The Labute approximate surface area is 134 Å². The van der Waals surface area contributed by atoms with Crippen LogP contribution in [0.15, 0.2) is 22.7 Å². The fourth-order valence-corrected chi connectivity index (χ4v) is 2.60. The Hall–Kier alpha value is -1.23. The van der Waals surface area contributed by atoms with E-state index in [-0.39, 0.29) is 6.09 Å². The molecule has 0 saturated heterocycles. The van der Waals surface area contributed by atoms with Crippen LogP contribution in [0.4, 0.5) is 4.79 Å². The molecule has 1 aromatic carbocycles. The van der Waals surface area contributed by atoms with Gasteiger partial charge >= 0.3 is 6.09 Å². The third-order valence-electron chi connectivity index (χ3n) is 3.00. The van der Waals surface area contributed by atoms with Crippen LogP contribution in [0.1, 0.15) is 40.2 Å². The zero-order valence-electron chi connectivity index (χ0n) is 13.2. The molecule has 0 aromatic heterocycles. The third kappa shape index (κ3) is 4.37. The average Bonchev–Trinajstić information content (AvgIpc) is 2.41. The number of benzene rings is 1. The van der Waals surface area contributed by atoms with Crippen molar-refractivity contribution >= 4 is 22.0 Å². The minimum Gasteiger partial charge on any atom is -0.486 e. The van der Waals surface area contributed by atoms with E-state index in [1.54, 1.807) is 4.90 Å². The zero-order chi connectivity index (χ0) is 15.8. The first-order chi connectivity index (χ1) is 9.56. The first kappa shape index (κ1) is 16.1. The standard InChI is InChI=1S/C16H22BrNO3/c1-15(2,3)21-14(19)18-9-11-6-7-12(17)8-13(11)20-16(4,5)10-18/h6-8H,9-10H2,1-5H3. The quantitative estimate of drug-likeness (QED) is 0.693. The average molecular weight is 356 g/mol. The topological polar surface area (TPSA) is 38.8 Å². The van der Waals surface area contributed by atoms with Crippen LogP contribution in [0.25, 0.3) is 0 Å². The van der Waals surface area contributed by atoms with E-state index in [9.17, 15) is 4.79 Å². The van der Waals surface area contributed by atoms with Crippen LogP contribution in [0.2, 0.25) is 0 Å². The highest BCUT2D eigenvalue weighted by atomic mass is 79.9. The number of nitrogens with zero attached hydrogens (tertiary/aromatic N) is 1. The fraction of sp³-hybridized carbons (Fsp3) is 0.562. The van der Waals surface area contributed by atoms with E-state index in [0.29, 0.717) is 13.1 Å². The number of amides is 1. The highest BCUT2D eigenvalue weighted by Crippen LogP contribution is 2.32. The SMILES string of the molecule is CC(C)(C)OC(=O)N1Cc2ccc(Br)cc2OC(C)(C)C1. The molecule has 0 bridgehead atoms. The molecule has 0 saturated carbocycles. The lowest BCUT2D eigenvalue weighted by Gasteiger charge is -2.31. The highest BCUT2D eigenvalue weighted by Gasteiger charge is 2.33. The van der Waals surface area contributed by atoms with Crippen molar-refractivity contribution in [1.82, 2.24) is 4.90 Å². The van der Waals surface area contributed by atoms with Crippen LogP contribution in [0.5, 0.6) is 5.75 Å². The number of carbonyl (C=O) groups excluding carboxylic acids is 1. The van der Waals surface area contributed by atoms with Crippen molar-refractivity contribution < 1.29 is 14.3 Å². The summed E-state index contributed by atoms with van der Waals surface area (Å²) in [7, 11) is 0. The Kier molecular flexibility index (Phi) is 4.24. The summed E-state index contributed by atoms with van der Waals surface area (Å²) >= 11 is 3.45. The van der Waals surface area contributed by atoms with E-state index in [2.05, 4.69) is 15.9 Å². The molecule has 0 fully saturated rings. The minimum absolute atomic E-state index is 0.310. The van der Waals surface area contributed by atoms with E-state index in [4.69, 9.17) is 9.47 Å². The molecule has 1 aliphatic heterocycles. The summed E-state index contributed by atoms with van der Waals surface area (Å²) in [6, 6.07) is 5.86. The molecule has 0 spiro atoms. The predicted molar refractivity (Wildman–Crippen MR) is 85.5 cm³/mol. The largest absolute Gasteiger partial charge is 0.486 e. The van der Waals surface area contributed by atoms with Crippen LogP contribution >= 0.6 is 15.9 Å². The lowest BCUT2D eigenvalue weighted by Crippen LogP contribution is -2.45. The summed E-state index contributed by atoms with van der Waals surface area (Å²) in [5.74, 6) is 0.806. The van der Waals surface area contributed by atoms with Gasteiger partial charge in [0, 0.05) is 10.0 Å². The molecule has 5 heteroatoms. The maximum absolute atomic E-state index is 12.4. The van der Waals surface area contributed by atoms with Crippen molar-refractivity contribution in [3.63, 3.8) is 0 Å². The van der Waals surface area contributed by atoms with Crippen molar-refractivity contribution in [3.8, 4) is 5.75 Å². The molecule has 1 aromatic rings. The normalized spacial score (nSPS) is 17.5. The number of rotatable bonds is 0. The van der Waals surface area contributed by atoms with Gasteiger partial charge < -0.3 is 9.47 Å². The van der Waals surface area contributed by atoms with Gasteiger partial charge in [-0.2, -0.15) is 0 Å². The smallest absolute Gasteiger partial charge is 0.410 e. The lowest BCUT2D eigenvalue weighted by molar-refractivity contribution is 0.00752. The molecule has 116 valence electrons. The number of hydrogen-bond donors (Lipinski definition) is 0. The van der Waals surface area contributed by atoms with Gasteiger partial charge in [0.2, 0.25) is 0 Å². The number of carbonyl (C=O) groups is 1. The molecular weight excluding hydrogens is 334 g/mol. The summed E-state index contributed by atoms with van der Waals surface area (Å²) in [6.07, 6.45) is -0.310. The van der Waals surface area contributed by atoms with Gasteiger partial charge in [0.25, 0.3) is 0 Å². The summed E-state index contributed by atoms with van der Waals surface area (Å²) in [5.41, 5.74) is 0.00880. The Morgan fingerprint density at radius 1 is 1.38 bits per heavy atom. The molecule has 0 N–H and O–H groups in total. The van der Waals surface area contributed by atoms with Crippen LogP contribution in [0, 0.1) is 0 Å². The molecule has 21 heavy (non-hydrogen) atoms. The van der Waals surface area contributed by atoms with Crippen LogP contribution in [-0.4, -0.2) is 28.7 Å². The molecule has 0 unspecified atom stereocenters. The van der Waals surface area contributed by atoms with E-state index in [0.717, 1.165) is 15.8 Å². The zero-order valence-corrected chi connectivity index (χ0v) is 14.8. The highest BCUT2D eigenvalue weighted by molar-refractivity contribution is 9.10. The maximum atomic E-state index is 12.4. The second-order valence-electron chi connectivity index (χ2n) is 6.95. The molecule has 1 amide bonds. The number of fused-ring (bicyclic) bond motifs is 1. The molecule has 0 atom stereocenters. The van der Waals surface area contributed by atoms with E-state index in [1.807, 2.05) is 52.8 Å². The summed E-state index contributed by atoms with van der Waals surface area (Å²) in [6.45, 7) is 10.5. The van der Waals surface area contributed by atoms with Crippen molar-refractivity contribution in [2.75, 3.05) is 6.54 Å². The van der Waals surface area contributed by atoms with Gasteiger partial charge in [-0.1, -0.05) is 22.0 Å². The van der Waals surface area contributed by atoms with Gasteiger partial charge in [-0.25, -0.2) is 4.79 Å². The fourth-order valence-electron chi connectivity index (χ4n) is 2.26. The van der Waals surface area contributed by atoms with Crippen LogP contribution in [0.3, 0.4) is 0 Å². The Morgan fingerprint density at radius 2 is 2.05 bits per heavy atom. The number of halogens is 1. The summed E-state index contributed by atoms with van der Waals surface area (Å²) < 4.78 is 12.5. The van der Waals surface area contributed by atoms with Crippen molar-refractivity contribution in [1.29, 1.82) is 0 Å². The Morgan fingerprint density at radius 3 is 2.67 bits per heavy atom. The molecule has 4 nitrogen and oxygen atoms in total. The van der Waals surface area contributed by atoms with Crippen LogP contribution in [-0.2, 0) is 11.3 Å². The first-order valence-electron chi connectivity index (χ1n) is 7.01. The predicted octanol–water partition coefficient (Wildman–Crippen LogP) is 4.36. The molecular formula is C16H22BrNO3. The minimum atomic E-state index is -0.503. The molecule has 1 aliphatic rings. The Balaban J connectivity index is 2.29. The van der Waals surface area contributed by atoms with Crippen molar-refractivity contribution in [2.24, 2.45) is 0 Å². The molecule has 2 rings (SSSR count). The van der Waals surface area contributed by atoms with Gasteiger partial charge in [0.15, 0.2) is 0 Å². The Bertz CT molecular complexity index is 549. The van der Waals surface area contributed by atoms with Gasteiger partial charge in [-0.05, 0) is 46.8 Å². The van der Waals surface area contributed by atoms with E-state index < -0.39 is 11.2 Å². The summed E-state index contributed by atoms with van der Waals surface area (Å²) in [5, 5.41) is 0. The molecule has 0 radical (unpaired) electrons. The van der Waals surface area contributed by atoms with Gasteiger partial charge in [-0.15, -0.1) is 0 Å². The third-order valence-corrected chi connectivity index (χ3v) is 3.49. The van der Waals surface area contributed by atoms with E-state index in [1.165, 1.54) is 0 Å². The van der Waals surface area contributed by atoms with Gasteiger partial charge in [0.05, 0.1) is 13.1 Å². The molecule has 1 heterocycles. The second kappa shape index (κ2) is 5.52. The van der Waals surface area contributed by atoms with Crippen LogP contribution < -0.4 is 4.74 Å². The van der Waals surface area contributed by atoms with Gasteiger partial charge in [-0.3, -0.25) is 4.90 Å². The molecule has 0 aliphatic carbocycles. The first-order valence-corrected chi connectivity index (χ1v) is 7.80. The number of hydrogen-bond acceptors (Lipinski definition) is 3. The second-order valence-corrected chi connectivity index (χ2v) is 7.87. The lowest BCUT2D eigenvalue weighted by atomic mass is 10.1. The number of ether oxygens (including phenoxy) is 2. The summed E-state index contributed by atoms with van der Waals surface area (Å²) in [4.78, 5) is 14.1.